The van der Waals surface area contributed by atoms with Gasteiger partial charge in [0.2, 0.25) is 5.91 Å². The Hall–Kier alpha value is -4.34. The second-order valence-corrected chi connectivity index (χ2v) is 6.73. The normalized spacial score (nSPS) is 10.9. The van der Waals surface area contributed by atoms with E-state index in [9.17, 15) is 18.8 Å². The smallest absolute Gasteiger partial charge is 0.335 e. The van der Waals surface area contributed by atoms with Crippen molar-refractivity contribution in [1.29, 1.82) is 0 Å². The van der Waals surface area contributed by atoms with Gasteiger partial charge in [-0.25, -0.2) is 23.7 Å². The predicted octanol–water partition coefficient (Wildman–Crippen LogP) is 1.77. The first-order valence-corrected chi connectivity index (χ1v) is 9.26. The van der Waals surface area contributed by atoms with E-state index in [1.54, 1.807) is 36.4 Å². The van der Waals surface area contributed by atoms with E-state index in [4.69, 9.17) is 5.73 Å². The number of para-hydroxylation sites is 2. The number of rotatable bonds is 5. The first-order chi connectivity index (χ1) is 14.9. The van der Waals surface area contributed by atoms with Crippen molar-refractivity contribution in [3.8, 4) is 5.69 Å². The summed E-state index contributed by atoms with van der Waals surface area (Å²) < 4.78 is 16.5. The van der Waals surface area contributed by atoms with E-state index in [1.165, 1.54) is 25.1 Å². The maximum atomic E-state index is 14.5. The molecule has 2 amide bonds. The first kappa shape index (κ1) is 20.0. The van der Waals surface area contributed by atoms with Crippen LogP contribution in [0.4, 0.5) is 10.1 Å². The fourth-order valence-electron chi connectivity index (χ4n) is 3.30. The molecule has 2 aromatic carbocycles. The number of benzene rings is 2. The Morgan fingerprint density at radius 3 is 2.42 bits per heavy atom. The predicted molar refractivity (Wildman–Crippen MR) is 111 cm³/mol. The number of hydrogen-bond acceptors (Lipinski definition) is 5. The molecule has 0 saturated carbocycles. The van der Waals surface area contributed by atoms with Gasteiger partial charge in [0.1, 0.15) is 23.7 Å². The lowest BCUT2D eigenvalue weighted by atomic mass is 10.3. The Balaban J connectivity index is 1.93. The molecule has 0 saturated heterocycles. The van der Waals surface area contributed by atoms with Crippen LogP contribution in [0.2, 0.25) is 0 Å². The van der Waals surface area contributed by atoms with Crippen LogP contribution in [0.5, 0.6) is 0 Å². The zero-order valence-electron chi connectivity index (χ0n) is 16.4. The first-order valence-electron chi connectivity index (χ1n) is 9.26. The average Bonchev–Trinajstić information content (AvgIpc) is 2.99. The second kappa shape index (κ2) is 7.82. The minimum absolute atomic E-state index is 0.0242. The third-order valence-corrected chi connectivity index (χ3v) is 4.57. The molecule has 0 aliphatic carbocycles. The molecule has 0 bridgehead atoms. The Labute approximate surface area is 175 Å². The molecular weight excluding hydrogens is 403 g/mol. The van der Waals surface area contributed by atoms with Crippen LogP contribution in [0, 0.1) is 12.7 Å². The van der Waals surface area contributed by atoms with E-state index >= 15 is 0 Å². The van der Waals surface area contributed by atoms with Crippen molar-refractivity contribution in [2.75, 3.05) is 5.32 Å². The topological polar surface area (TPSA) is 125 Å². The fraction of sp³-hybridized carbons (Fsp3) is 0.0952. The minimum atomic E-state index is -0.904. The molecule has 4 rings (SSSR count). The van der Waals surface area contributed by atoms with Crippen molar-refractivity contribution in [1.82, 2.24) is 19.1 Å². The molecule has 2 aromatic heterocycles. The molecule has 2 heterocycles. The number of hydrogen-bond donors (Lipinski definition) is 2. The van der Waals surface area contributed by atoms with Crippen LogP contribution in [0.1, 0.15) is 16.3 Å². The zero-order chi connectivity index (χ0) is 22.1. The average molecular weight is 420 g/mol. The third-order valence-electron chi connectivity index (χ3n) is 4.57. The van der Waals surface area contributed by atoms with Gasteiger partial charge in [0.05, 0.1) is 5.69 Å². The second-order valence-electron chi connectivity index (χ2n) is 6.73. The van der Waals surface area contributed by atoms with E-state index in [1.807, 2.05) is 0 Å². The van der Waals surface area contributed by atoms with E-state index in [0.29, 0.717) is 5.69 Å². The number of carbonyl (C=O) groups is 2. The molecule has 4 aromatic rings. The number of halogens is 1. The summed E-state index contributed by atoms with van der Waals surface area (Å²) in [6, 6.07) is 14.3. The number of imidazole rings is 1. The lowest BCUT2D eigenvalue weighted by molar-refractivity contribution is -0.116. The van der Waals surface area contributed by atoms with Crippen molar-refractivity contribution < 1.29 is 14.0 Å². The fourth-order valence-corrected chi connectivity index (χ4v) is 3.30. The summed E-state index contributed by atoms with van der Waals surface area (Å²) in [4.78, 5) is 46.2. The Morgan fingerprint density at radius 1 is 1.06 bits per heavy atom. The number of primary amides is 1. The van der Waals surface area contributed by atoms with Crippen molar-refractivity contribution in [2.24, 2.45) is 5.73 Å². The number of carbonyl (C=O) groups excluding carboxylic acids is 2. The van der Waals surface area contributed by atoms with Crippen molar-refractivity contribution >= 4 is 28.7 Å². The van der Waals surface area contributed by atoms with E-state index in [2.05, 4.69) is 15.3 Å². The molecule has 0 aliphatic heterocycles. The lowest BCUT2D eigenvalue weighted by Crippen LogP contribution is -2.29. The number of aryl methyl sites for hydroxylation is 1. The number of aromatic nitrogens is 4. The Morgan fingerprint density at radius 2 is 1.74 bits per heavy atom. The summed E-state index contributed by atoms with van der Waals surface area (Å²) in [6.07, 6.45) is 0. The molecule has 0 aliphatic rings. The van der Waals surface area contributed by atoms with E-state index < -0.39 is 29.9 Å². The molecule has 0 radical (unpaired) electrons. The molecule has 0 spiro atoms. The van der Waals surface area contributed by atoms with Crippen molar-refractivity contribution in [3.05, 3.63) is 82.4 Å². The molecular formula is C21H17FN6O3. The summed E-state index contributed by atoms with van der Waals surface area (Å²) >= 11 is 0. The van der Waals surface area contributed by atoms with Gasteiger partial charge in [0.15, 0.2) is 11.3 Å². The van der Waals surface area contributed by atoms with Gasteiger partial charge in [-0.15, -0.1) is 0 Å². The highest BCUT2D eigenvalue weighted by molar-refractivity contribution is 6.02. The molecule has 10 heteroatoms. The standard InChI is InChI=1S/C21H17FN6O3/c1-12-24-17(19(23)30)18-20(25-12)28(15-10-6-5-9-14(15)22)21(31)27(18)11-16(29)26-13-7-3-2-4-8-13/h2-10H,11H2,1H3,(H2,23,30)(H,26,29). The number of fused-ring (bicyclic) bond motifs is 1. The van der Waals surface area contributed by atoms with Crippen LogP contribution in [0.15, 0.2) is 59.4 Å². The number of nitrogens with two attached hydrogens (primary N) is 1. The van der Waals surface area contributed by atoms with Gasteiger partial charge in [-0.2, -0.15) is 0 Å². The molecule has 9 nitrogen and oxygen atoms in total. The highest BCUT2D eigenvalue weighted by Crippen LogP contribution is 2.21. The van der Waals surface area contributed by atoms with Crippen molar-refractivity contribution in [2.45, 2.75) is 13.5 Å². The van der Waals surface area contributed by atoms with E-state index in [0.717, 1.165) is 9.13 Å². The van der Waals surface area contributed by atoms with E-state index in [-0.39, 0.29) is 28.4 Å². The summed E-state index contributed by atoms with van der Waals surface area (Å²) in [7, 11) is 0. The zero-order valence-corrected chi connectivity index (χ0v) is 16.4. The minimum Gasteiger partial charge on any atom is -0.364 e. The number of nitrogens with one attached hydrogen (secondary N) is 1. The maximum absolute atomic E-state index is 14.5. The molecule has 0 fully saturated rings. The van der Waals surface area contributed by atoms with Crippen LogP contribution in [0.3, 0.4) is 0 Å². The third kappa shape index (κ3) is 3.66. The van der Waals surface area contributed by atoms with Crippen LogP contribution < -0.4 is 16.7 Å². The van der Waals surface area contributed by atoms with Gasteiger partial charge in [-0.3, -0.25) is 14.2 Å². The number of nitrogens with zero attached hydrogens (tertiary/aromatic N) is 4. The number of anilines is 1. The van der Waals surface area contributed by atoms with Crippen LogP contribution in [-0.2, 0) is 11.3 Å². The number of amides is 2. The van der Waals surface area contributed by atoms with Gasteiger partial charge >= 0.3 is 5.69 Å². The van der Waals surface area contributed by atoms with Gasteiger partial charge in [0.25, 0.3) is 5.91 Å². The Bertz CT molecular complexity index is 1380. The highest BCUT2D eigenvalue weighted by atomic mass is 19.1. The van der Waals surface area contributed by atoms with Crippen LogP contribution >= 0.6 is 0 Å². The molecule has 31 heavy (non-hydrogen) atoms. The monoisotopic (exact) mass is 420 g/mol. The lowest BCUT2D eigenvalue weighted by Gasteiger charge is -2.07. The highest BCUT2D eigenvalue weighted by Gasteiger charge is 2.25. The van der Waals surface area contributed by atoms with Gasteiger partial charge < -0.3 is 11.1 Å². The molecule has 0 atom stereocenters. The largest absolute Gasteiger partial charge is 0.364 e. The van der Waals surface area contributed by atoms with Crippen LogP contribution in [-0.4, -0.2) is 30.9 Å². The molecule has 156 valence electrons. The van der Waals surface area contributed by atoms with Crippen molar-refractivity contribution in [3.63, 3.8) is 0 Å². The summed E-state index contributed by atoms with van der Waals surface area (Å²) in [5, 5.41) is 2.66. The summed E-state index contributed by atoms with van der Waals surface area (Å²) in [5.41, 5.74) is 4.86. The maximum Gasteiger partial charge on any atom is 0.335 e. The molecule has 3 N–H and O–H groups in total. The van der Waals surface area contributed by atoms with Gasteiger partial charge in [-0.05, 0) is 31.2 Å². The molecule has 0 unspecified atom stereocenters. The Kier molecular flexibility index (Phi) is 5.04. The SMILES string of the molecule is Cc1nc(C(N)=O)c2c(n1)n(-c1ccccc1F)c(=O)n2CC(=O)Nc1ccccc1. The van der Waals surface area contributed by atoms with Gasteiger partial charge in [-0.1, -0.05) is 30.3 Å². The quantitative estimate of drug-likeness (QED) is 0.509. The van der Waals surface area contributed by atoms with Gasteiger partial charge in [0, 0.05) is 5.69 Å². The summed E-state index contributed by atoms with van der Waals surface area (Å²) in [5.74, 6) is -1.94. The van der Waals surface area contributed by atoms with Crippen LogP contribution in [0.25, 0.3) is 16.9 Å². The summed E-state index contributed by atoms with van der Waals surface area (Å²) in [6.45, 7) is 1.06.